The van der Waals surface area contributed by atoms with Gasteiger partial charge < -0.3 is 5.11 Å². The molecule has 0 fully saturated rings. The largest absolute Gasteiger partial charge is 0.476 e. The average Bonchev–Trinajstić information content (AvgIpc) is 2.48. The van der Waals surface area contributed by atoms with Gasteiger partial charge in [-0.2, -0.15) is 0 Å². The number of hydrogen-bond donors (Lipinski definition) is 1. The van der Waals surface area contributed by atoms with Crippen molar-refractivity contribution < 1.29 is 9.90 Å². The fourth-order valence-corrected chi connectivity index (χ4v) is 1.41. The first-order valence-corrected chi connectivity index (χ1v) is 4.57. The lowest BCUT2D eigenvalue weighted by atomic mass is 10.5. The van der Waals surface area contributed by atoms with Crippen LogP contribution in [0.5, 0.6) is 0 Å². The molecule has 1 aromatic rings. The van der Waals surface area contributed by atoms with Crippen LogP contribution in [0.4, 0.5) is 0 Å². The molecule has 1 rings (SSSR count). The zero-order chi connectivity index (χ0) is 8.97. The van der Waals surface area contributed by atoms with E-state index < -0.39 is 5.97 Å². The summed E-state index contributed by atoms with van der Waals surface area (Å²) in [5.41, 5.74) is 0.0780. The van der Waals surface area contributed by atoms with Gasteiger partial charge in [0.15, 0.2) is 5.69 Å². The van der Waals surface area contributed by atoms with Gasteiger partial charge in [-0.3, -0.25) is 0 Å². The molecule has 0 bridgehead atoms. The predicted octanol–water partition coefficient (Wildman–Crippen LogP) is 2.09. The summed E-state index contributed by atoms with van der Waals surface area (Å²) in [6.45, 7) is 0. The molecule has 3 nitrogen and oxygen atoms in total. The number of aromatic nitrogens is 1. The number of rotatable bonds is 3. The van der Waals surface area contributed by atoms with E-state index in [0.717, 1.165) is 0 Å². The third-order valence-electron chi connectivity index (χ3n) is 1.09. The van der Waals surface area contributed by atoms with Gasteiger partial charge in [-0.15, -0.1) is 22.9 Å². The Labute approximate surface area is 78.3 Å². The number of nitrogens with zero attached hydrogens (tertiary/aromatic N) is 1. The van der Waals surface area contributed by atoms with Crippen molar-refractivity contribution in [3.05, 3.63) is 22.2 Å². The minimum atomic E-state index is -1.00. The van der Waals surface area contributed by atoms with Crippen molar-refractivity contribution >= 4 is 35.0 Å². The molecular weight excluding hydrogens is 198 g/mol. The van der Waals surface area contributed by atoms with Gasteiger partial charge in [0.05, 0.1) is 0 Å². The van der Waals surface area contributed by atoms with Crippen molar-refractivity contribution in [2.45, 2.75) is 0 Å². The molecule has 0 saturated heterocycles. The summed E-state index contributed by atoms with van der Waals surface area (Å²) in [5.74, 6) is -0.598. The molecule has 12 heavy (non-hydrogen) atoms. The van der Waals surface area contributed by atoms with E-state index in [-0.39, 0.29) is 5.69 Å². The van der Waals surface area contributed by atoms with E-state index in [2.05, 4.69) is 4.98 Å². The average molecular weight is 204 g/mol. The van der Waals surface area contributed by atoms with Gasteiger partial charge in [0.25, 0.3) is 0 Å². The molecule has 0 aliphatic heterocycles. The molecule has 0 aliphatic rings. The lowest BCUT2D eigenvalue weighted by Crippen LogP contribution is -1.95. The molecule has 1 aromatic heterocycles. The quantitative estimate of drug-likeness (QED) is 0.766. The highest BCUT2D eigenvalue weighted by Crippen LogP contribution is 2.11. The standard InChI is InChI=1S/C7H6ClNO2S/c8-3-1-2-6-9-5(4-12-6)7(10)11/h1-2,4H,3H2,(H,10,11). The topological polar surface area (TPSA) is 50.2 Å². The Morgan fingerprint density at radius 1 is 1.83 bits per heavy atom. The van der Waals surface area contributed by atoms with Crippen LogP contribution in [0.1, 0.15) is 15.5 Å². The van der Waals surface area contributed by atoms with Crippen LogP contribution in [0.15, 0.2) is 11.5 Å². The van der Waals surface area contributed by atoms with Crippen molar-refractivity contribution in [1.29, 1.82) is 0 Å². The van der Waals surface area contributed by atoms with Crippen LogP contribution in [-0.4, -0.2) is 21.9 Å². The Morgan fingerprint density at radius 3 is 3.08 bits per heavy atom. The number of carbonyl (C=O) groups is 1. The summed E-state index contributed by atoms with van der Waals surface area (Å²) >= 11 is 6.67. The lowest BCUT2D eigenvalue weighted by molar-refractivity contribution is 0.0691. The molecular formula is C7H6ClNO2S. The number of aromatic carboxylic acids is 1. The Bertz CT molecular complexity index is 308. The van der Waals surface area contributed by atoms with Crippen LogP contribution in [0.25, 0.3) is 6.08 Å². The number of carboxylic acids is 1. The SMILES string of the molecule is O=C(O)c1csc(C=CCCl)n1. The molecule has 0 amide bonds. The molecule has 0 spiro atoms. The van der Waals surface area contributed by atoms with E-state index in [1.165, 1.54) is 16.7 Å². The summed E-state index contributed by atoms with van der Waals surface area (Å²) in [5, 5.41) is 10.7. The normalized spacial score (nSPS) is 10.8. The zero-order valence-electron chi connectivity index (χ0n) is 6.03. The first kappa shape index (κ1) is 9.22. The number of carboxylic acid groups (broad SMARTS) is 1. The molecule has 0 atom stereocenters. The van der Waals surface area contributed by atoms with E-state index in [9.17, 15) is 4.79 Å². The van der Waals surface area contributed by atoms with Crippen LogP contribution in [0.3, 0.4) is 0 Å². The number of thiazole rings is 1. The highest BCUT2D eigenvalue weighted by molar-refractivity contribution is 7.10. The van der Waals surface area contributed by atoms with E-state index >= 15 is 0 Å². The molecule has 0 aliphatic carbocycles. The highest BCUT2D eigenvalue weighted by Gasteiger charge is 2.05. The molecule has 0 radical (unpaired) electrons. The fraction of sp³-hybridized carbons (Fsp3) is 0.143. The minimum Gasteiger partial charge on any atom is -0.476 e. The molecule has 5 heteroatoms. The van der Waals surface area contributed by atoms with Gasteiger partial charge in [0.2, 0.25) is 0 Å². The Balaban J connectivity index is 2.77. The molecule has 0 aromatic carbocycles. The molecule has 0 saturated carbocycles. The van der Waals surface area contributed by atoms with E-state index in [1.54, 1.807) is 12.2 Å². The number of halogens is 1. The minimum absolute atomic E-state index is 0.0780. The van der Waals surface area contributed by atoms with E-state index in [4.69, 9.17) is 16.7 Å². The second-order valence-electron chi connectivity index (χ2n) is 1.93. The van der Waals surface area contributed by atoms with Crippen LogP contribution in [0.2, 0.25) is 0 Å². The number of allylic oxidation sites excluding steroid dienone is 1. The molecule has 0 unspecified atom stereocenters. The monoisotopic (exact) mass is 203 g/mol. The van der Waals surface area contributed by atoms with Gasteiger partial charge in [-0.1, -0.05) is 6.08 Å². The maximum Gasteiger partial charge on any atom is 0.355 e. The smallest absolute Gasteiger partial charge is 0.355 e. The van der Waals surface area contributed by atoms with Crippen LogP contribution in [0, 0.1) is 0 Å². The number of hydrogen-bond acceptors (Lipinski definition) is 3. The maximum atomic E-state index is 10.4. The Morgan fingerprint density at radius 2 is 2.58 bits per heavy atom. The second kappa shape index (κ2) is 4.23. The van der Waals surface area contributed by atoms with Crippen molar-refractivity contribution in [3.8, 4) is 0 Å². The summed E-state index contributed by atoms with van der Waals surface area (Å²) in [6.07, 6.45) is 3.41. The van der Waals surface area contributed by atoms with Gasteiger partial charge in [0.1, 0.15) is 5.01 Å². The van der Waals surface area contributed by atoms with E-state index in [1.807, 2.05) is 0 Å². The van der Waals surface area contributed by atoms with Crippen LogP contribution < -0.4 is 0 Å². The third kappa shape index (κ3) is 2.32. The Hall–Kier alpha value is -0.870. The first-order chi connectivity index (χ1) is 5.74. The van der Waals surface area contributed by atoms with Gasteiger partial charge in [-0.25, -0.2) is 9.78 Å². The highest BCUT2D eigenvalue weighted by atomic mass is 35.5. The lowest BCUT2D eigenvalue weighted by Gasteiger charge is -1.81. The van der Waals surface area contributed by atoms with Gasteiger partial charge in [0, 0.05) is 11.3 Å². The zero-order valence-corrected chi connectivity index (χ0v) is 7.60. The summed E-state index contributed by atoms with van der Waals surface area (Å²) in [6, 6.07) is 0. The van der Waals surface area contributed by atoms with Crippen LogP contribution in [-0.2, 0) is 0 Å². The van der Waals surface area contributed by atoms with Gasteiger partial charge >= 0.3 is 5.97 Å². The second-order valence-corrected chi connectivity index (χ2v) is 3.13. The molecule has 64 valence electrons. The molecule has 1 N–H and O–H groups in total. The summed E-state index contributed by atoms with van der Waals surface area (Å²) < 4.78 is 0. The van der Waals surface area contributed by atoms with Gasteiger partial charge in [-0.05, 0) is 6.08 Å². The van der Waals surface area contributed by atoms with Crippen molar-refractivity contribution in [1.82, 2.24) is 4.98 Å². The first-order valence-electron chi connectivity index (χ1n) is 3.15. The fourth-order valence-electron chi connectivity index (χ4n) is 0.608. The summed E-state index contributed by atoms with van der Waals surface area (Å²) in [7, 11) is 0. The number of alkyl halides is 1. The van der Waals surface area contributed by atoms with Crippen molar-refractivity contribution in [3.63, 3.8) is 0 Å². The van der Waals surface area contributed by atoms with Crippen LogP contribution >= 0.6 is 22.9 Å². The maximum absolute atomic E-state index is 10.4. The van der Waals surface area contributed by atoms with E-state index in [0.29, 0.717) is 10.9 Å². The van der Waals surface area contributed by atoms with Crippen molar-refractivity contribution in [2.24, 2.45) is 0 Å². The van der Waals surface area contributed by atoms with Crippen molar-refractivity contribution in [2.75, 3.05) is 5.88 Å². The Kier molecular flexibility index (Phi) is 3.25. The molecule has 1 heterocycles. The third-order valence-corrected chi connectivity index (χ3v) is 2.08. The predicted molar refractivity (Wildman–Crippen MR) is 48.8 cm³/mol. The summed E-state index contributed by atoms with van der Waals surface area (Å²) in [4.78, 5) is 14.2.